The van der Waals surface area contributed by atoms with Crippen molar-refractivity contribution in [2.24, 2.45) is 0 Å². The van der Waals surface area contributed by atoms with Gasteiger partial charge in [-0.25, -0.2) is 0 Å². The summed E-state index contributed by atoms with van der Waals surface area (Å²) in [5.74, 6) is -0.862. The zero-order valence-electron chi connectivity index (χ0n) is 18.0. The van der Waals surface area contributed by atoms with Crippen molar-refractivity contribution in [2.45, 2.75) is 31.8 Å². The maximum Gasteiger partial charge on any atom is 0.262 e. The monoisotopic (exact) mass is 435 g/mol. The maximum atomic E-state index is 12.8. The molecule has 1 unspecified atom stereocenters. The third-order valence-corrected chi connectivity index (χ3v) is 6.06. The zero-order valence-corrected chi connectivity index (χ0v) is 18.0. The van der Waals surface area contributed by atoms with E-state index in [2.05, 4.69) is 5.32 Å². The summed E-state index contributed by atoms with van der Waals surface area (Å²) >= 11 is 0. The number of hydrogen-bond donors (Lipinski definition) is 1. The Morgan fingerprint density at radius 3 is 2.12 bits per heavy atom. The fourth-order valence-corrected chi connectivity index (χ4v) is 4.22. The van der Waals surface area contributed by atoms with Gasteiger partial charge in [-0.1, -0.05) is 24.3 Å². The molecule has 2 heterocycles. The molecule has 1 N–H and O–H groups in total. The van der Waals surface area contributed by atoms with Crippen molar-refractivity contribution in [3.8, 4) is 5.75 Å². The van der Waals surface area contributed by atoms with Gasteiger partial charge in [0.25, 0.3) is 17.7 Å². The molecule has 1 saturated heterocycles. The highest BCUT2D eigenvalue weighted by Gasteiger charge is 2.41. The maximum absolute atomic E-state index is 12.8. The first kappa shape index (κ1) is 21.5. The van der Waals surface area contributed by atoms with Gasteiger partial charge in [0.2, 0.25) is 5.91 Å². The minimum atomic E-state index is -0.921. The van der Waals surface area contributed by atoms with Gasteiger partial charge in [-0.2, -0.15) is 0 Å². The van der Waals surface area contributed by atoms with Crippen LogP contribution < -0.4 is 10.1 Å². The highest BCUT2D eigenvalue weighted by molar-refractivity contribution is 6.22. The van der Waals surface area contributed by atoms with E-state index in [1.54, 1.807) is 54.3 Å². The highest BCUT2D eigenvalue weighted by atomic mass is 16.5. The van der Waals surface area contributed by atoms with E-state index in [-0.39, 0.29) is 17.9 Å². The average molecular weight is 435 g/mol. The van der Waals surface area contributed by atoms with E-state index in [1.807, 2.05) is 6.07 Å². The van der Waals surface area contributed by atoms with Gasteiger partial charge in [-0.05, 0) is 44.0 Å². The number of imide groups is 1. The lowest BCUT2D eigenvalue weighted by Crippen LogP contribution is -2.53. The lowest BCUT2D eigenvalue weighted by Gasteiger charge is -2.33. The number of nitrogens with one attached hydrogen (secondary N) is 1. The largest absolute Gasteiger partial charge is 0.496 e. The summed E-state index contributed by atoms with van der Waals surface area (Å²) in [6.45, 7) is 2.53. The zero-order chi connectivity index (χ0) is 22.8. The van der Waals surface area contributed by atoms with Gasteiger partial charge in [0.05, 0.1) is 23.8 Å². The van der Waals surface area contributed by atoms with Crippen LogP contribution in [-0.4, -0.2) is 65.7 Å². The SMILES string of the molecule is COc1ccccc1C(=O)N1CCC(NC(=O)C(C)N2C(=O)c3ccccc3C2=O)CC1. The number of benzene rings is 2. The normalized spacial score (nSPS) is 17.2. The van der Waals surface area contributed by atoms with E-state index in [4.69, 9.17) is 4.74 Å². The quantitative estimate of drug-likeness (QED) is 0.726. The number of nitrogens with zero attached hydrogens (tertiary/aromatic N) is 2. The number of para-hydroxylation sites is 1. The Hall–Kier alpha value is -3.68. The molecule has 166 valence electrons. The fraction of sp³-hybridized carbons (Fsp3) is 0.333. The van der Waals surface area contributed by atoms with Crippen LogP contribution in [0.25, 0.3) is 0 Å². The molecular formula is C24H25N3O5. The molecule has 8 heteroatoms. The Kier molecular flexibility index (Phi) is 5.94. The van der Waals surface area contributed by atoms with Crippen LogP contribution in [0.2, 0.25) is 0 Å². The first-order valence-corrected chi connectivity index (χ1v) is 10.6. The summed E-state index contributed by atoms with van der Waals surface area (Å²) in [6.07, 6.45) is 1.17. The number of hydrogen-bond acceptors (Lipinski definition) is 5. The van der Waals surface area contributed by atoms with Crippen LogP contribution in [0, 0.1) is 0 Å². The van der Waals surface area contributed by atoms with E-state index >= 15 is 0 Å². The molecule has 0 spiro atoms. The van der Waals surface area contributed by atoms with Crippen LogP contribution >= 0.6 is 0 Å². The molecule has 0 bridgehead atoms. The Morgan fingerprint density at radius 1 is 0.969 bits per heavy atom. The first-order valence-electron chi connectivity index (χ1n) is 10.6. The molecule has 2 aromatic rings. The van der Waals surface area contributed by atoms with Gasteiger partial charge in [-0.3, -0.25) is 24.1 Å². The van der Waals surface area contributed by atoms with Crippen LogP contribution in [-0.2, 0) is 4.79 Å². The predicted octanol–water partition coefficient (Wildman–Crippen LogP) is 2.10. The molecule has 2 aliphatic rings. The number of amides is 4. The van der Waals surface area contributed by atoms with Gasteiger partial charge in [-0.15, -0.1) is 0 Å². The number of likely N-dealkylation sites (tertiary alicyclic amines) is 1. The van der Waals surface area contributed by atoms with Crippen molar-refractivity contribution in [3.05, 3.63) is 65.2 Å². The van der Waals surface area contributed by atoms with E-state index in [0.29, 0.717) is 48.4 Å². The van der Waals surface area contributed by atoms with Crippen molar-refractivity contribution < 1.29 is 23.9 Å². The van der Waals surface area contributed by atoms with Gasteiger partial charge in [0.15, 0.2) is 0 Å². The van der Waals surface area contributed by atoms with Crippen molar-refractivity contribution in [3.63, 3.8) is 0 Å². The van der Waals surface area contributed by atoms with Crippen molar-refractivity contribution in [2.75, 3.05) is 20.2 Å². The van der Waals surface area contributed by atoms with Crippen LogP contribution in [0.15, 0.2) is 48.5 Å². The van der Waals surface area contributed by atoms with E-state index in [1.165, 1.54) is 7.11 Å². The molecule has 0 aliphatic carbocycles. The molecule has 4 rings (SSSR count). The summed E-state index contributed by atoms with van der Waals surface area (Å²) < 4.78 is 5.28. The van der Waals surface area contributed by atoms with E-state index < -0.39 is 17.9 Å². The summed E-state index contributed by atoms with van der Waals surface area (Å²) in [6, 6.07) is 12.6. The van der Waals surface area contributed by atoms with Crippen LogP contribution in [0.4, 0.5) is 0 Å². The topological polar surface area (TPSA) is 96.0 Å². The van der Waals surface area contributed by atoms with Gasteiger partial charge in [0, 0.05) is 19.1 Å². The van der Waals surface area contributed by atoms with Crippen LogP contribution in [0.1, 0.15) is 50.8 Å². The number of methoxy groups -OCH3 is 1. The van der Waals surface area contributed by atoms with Crippen molar-refractivity contribution in [1.29, 1.82) is 0 Å². The van der Waals surface area contributed by atoms with Crippen molar-refractivity contribution >= 4 is 23.6 Å². The molecule has 0 saturated carbocycles. The number of ether oxygens (including phenoxy) is 1. The predicted molar refractivity (Wildman–Crippen MR) is 116 cm³/mol. The number of carbonyl (C=O) groups excluding carboxylic acids is 4. The lowest BCUT2D eigenvalue weighted by atomic mass is 10.0. The van der Waals surface area contributed by atoms with E-state index in [0.717, 1.165) is 4.90 Å². The summed E-state index contributed by atoms with van der Waals surface area (Å²) in [5, 5.41) is 2.94. The minimum absolute atomic E-state index is 0.105. The molecule has 1 fully saturated rings. The van der Waals surface area contributed by atoms with E-state index in [9.17, 15) is 19.2 Å². The molecule has 2 aromatic carbocycles. The third-order valence-electron chi connectivity index (χ3n) is 6.06. The lowest BCUT2D eigenvalue weighted by molar-refractivity contribution is -0.125. The third kappa shape index (κ3) is 3.84. The second kappa shape index (κ2) is 8.82. The second-order valence-electron chi connectivity index (χ2n) is 7.98. The van der Waals surface area contributed by atoms with Gasteiger partial charge < -0.3 is 15.0 Å². The second-order valence-corrected chi connectivity index (χ2v) is 7.98. The van der Waals surface area contributed by atoms with Gasteiger partial charge in [0.1, 0.15) is 11.8 Å². The molecule has 2 aliphatic heterocycles. The molecule has 0 aromatic heterocycles. The summed E-state index contributed by atoms with van der Waals surface area (Å²) in [7, 11) is 1.53. The smallest absolute Gasteiger partial charge is 0.262 e. The highest BCUT2D eigenvalue weighted by Crippen LogP contribution is 2.25. The molecule has 8 nitrogen and oxygen atoms in total. The number of carbonyl (C=O) groups is 4. The van der Waals surface area contributed by atoms with Gasteiger partial charge >= 0.3 is 0 Å². The molecule has 0 radical (unpaired) electrons. The number of piperidine rings is 1. The van der Waals surface area contributed by atoms with Crippen molar-refractivity contribution in [1.82, 2.24) is 15.1 Å². The molecular weight excluding hydrogens is 410 g/mol. The Labute approximate surface area is 186 Å². The average Bonchev–Trinajstić information content (AvgIpc) is 3.08. The molecule has 1 atom stereocenters. The molecule has 32 heavy (non-hydrogen) atoms. The molecule has 4 amide bonds. The number of rotatable bonds is 5. The van der Waals surface area contributed by atoms with Crippen LogP contribution in [0.5, 0.6) is 5.75 Å². The summed E-state index contributed by atoms with van der Waals surface area (Å²) in [5.41, 5.74) is 1.15. The van der Waals surface area contributed by atoms with Crippen LogP contribution in [0.3, 0.4) is 0 Å². The number of fused-ring (bicyclic) bond motifs is 1. The first-order chi connectivity index (χ1) is 15.4. The Morgan fingerprint density at radius 2 is 1.53 bits per heavy atom. The fourth-order valence-electron chi connectivity index (χ4n) is 4.22. The standard InChI is InChI=1S/C24H25N3O5/c1-15(27-23(30)17-7-3-4-8-18(17)24(27)31)21(28)25-16-11-13-26(14-12-16)22(29)19-9-5-6-10-20(19)32-2/h3-10,15-16H,11-14H2,1-2H3,(H,25,28). The minimum Gasteiger partial charge on any atom is -0.496 e. The summed E-state index contributed by atoms with van der Waals surface area (Å²) in [4.78, 5) is 53.7. The Bertz CT molecular complexity index is 1040. The Balaban J connectivity index is 1.34.